The number of para-hydroxylation sites is 1. The Kier molecular flexibility index (Phi) is 10.1. The summed E-state index contributed by atoms with van der Waals surface area (Å²) in [5, 5.41) is 5.64. The van der Waals surface area contributed by atoms with E-state index in [4.69, 9.17) is 10.5 Å². The molecule has 0 aliphatic heterocycles. The lowest BCUT2D eigenvalue weighted by atomic mass is 10.0. The molecule has 27 heavy (non-hydrogen) atoms. The summed E-state index contributed by atoms with van der Waals surface area (Å²) in [5.41, 5.74) is 7.21. The first kappa shape index (κ1) is 22.6. The molecule has 2 amide bonds. The molecule has 0 saturated heterocycles. The minimum atomic E-state index is -0.694. The summed E-state index contributed by atoms with van der Waals surface area (Å²) in [6, 6.07) is 18.0. The number of methoxy groups -OCH3 is 1. The molecule has 2 aromatic rings. The quantitative estimate of drug-likeness (QED) is 0.610. The molecule has 0 aliphatic carbocycles. The number of anilines is 1. The van der Waals surface area contributed by atoms with E-state index in [2.05, 4.69) is 10.6 Å². The van der Waals surface area contributed by atoms with Crippen LogP contribution >= 0.6 is 12.4 Å². The van der Waals surface area contributed by atoms with Gasteiger partial charge < -0.3 is 21.1 Å². The Hall–Kier alpha value is -2.41. The highest BCUT2D eigenvalue weighted by atomic mass is 35.5. The highest BCUT2D eigenvalue weighted by Crippen LogP contribution is 2.09. The van der Waals surface area contributed by atoms with Crippen molar-refractivity contribution in [2.75, 3.05) is 19.0 Å². The first-order valence-electron chi connectivity index (χ1n) is 8.54. The molecule has 6 nitrogen and oxygen atoms in total. The lowest BCUT2D eigenvalue weighted by Gasteiger charge is -2.20. The lowest BCUT2D eigenvalue weighted by Crippen LogP contribution is -2.46. The number of hydrogen-bond acceptors (Lipinski definition) is 4. The zero-order valence-electron chi connectivity index (χ0n) is 15.3. The van der Waals surface area contributed by atoms with Gasteiger partial charge in [0.05, 0.1) is 12.5 Å². The van der Waals surface area contributed by atoms with E-state index in [1.807, 2.05) is 48.5 Å². The Balaban J connectivity index is 0.00000364. The molecule has 0 spiro atoms. The van der Waals surface area contributed by atoms with Crippen molar-refractivity contribution < 1.29 is 14.3 Å². The molecule has 0 saturated carbocycles. The molecule has 2 atom stereocenters. The van der Waals surface area contributed by atoms with E-state index in [0.717, 1.165) is 5.56 Å². The maximum atomic E-state index is 12.7. The number of halogens is 1. The van der Waals surface area contributed by atoms with Gasteiger partial charge in [0, 0.05) is 25.8 Å². The smallest absolute Gasteiger partial charge is 0.247 e. The van der Waals surface area contributed by atoms with Crippen molar-refractivity contribution in [1.29, 1.82) is 0 Å². The van der Waals surface area contributed by atoms with Crippen LogP contribution < -0.4 is 16.4 Å². The second kappa shape index (κ2) is 12.1. The predicted octanol–water partition coefficient (Wildman–Crippen LogP) is 2.14. The predicted molar refractivity (Wildman–Crippen MR) is 109 cm³/mol. The zero-order chi connectivity index (χ0) is 18.8. The number of carbonyl (C=O) groups excluding carboxylic acids is 2. The summed E-state index contributed by atoms with van der Waals surface area (Å²) in [4.78, 5) is 25.0. The van der Waals surface area contributed by atoms with Crippen molar-refractivity contribution in [1.82, 2.24) is 5.32 Å². The summed E-state index contributed by atoms with van der Waals surface area (Å²) in [6.45, 7) is 0.240. The van der Waals surface area contributed by atoms with Crippen LogP contribution in [0.2, 0.25) is 0 Å². The van der Waals surface area contributed by atoms with Crippen LogP contribution in [0.25, 0.3) is 0 Å². The first-order chi connectivity index (χ1) is 12.6. The minimum Gasteiger partial charge on any atom is -0.380 e. The van der Waals surface area contributed by atoms with Gasteiger partial charge in [0.25, 0.3) is 0 Å². The molecular formula is C20H26ClN3O3. The normalized spacial score (nSPS) is 12.4. The fraction of sp³-hybridized carbons (Fsp3) is 0.300. The van der Waals surface area contributed by atoms with Gasteiger partial charge in [0.15, 0.2) is 0 Å². The highest BCUT2D eigenvalue weighted by Gasteiger charge is 2.23. The fourth-order valence-corrected chi connectivity index (χ4v) is 2.53. The largest absolute Gasteiger partial charge is 0.380 e. The Labute approximate surface area is 165 Å². The van der Waals surface area contributed by atoms with Crippen molar-refractivity contribution in [3.63, 3.8) is 0 Å². The van der Waals surface area contributed by atoms with Crippen LogP contribution in [-0.4, -0.2) is 37.6 Å². The standard InChI is InChI=1S/C20H25N3O3.ClH/c1-26-17(14-21)13-19(24)23-18(12-15-8-4-2-5-9-15)20(25)22-16-10-6-3-7-11-16;/h2-11,17-18H,12-14,21H2,1H3,(H,22,25)(H,23,24);1H. The van der Waals surface area contributed by atoms with Crippen molar-refractivity contribution in [3.8, 4) is 0 Å². The number of carbonyl (C=O) groups is 2. The van der Waals surface area contributed by atoms with E-state index in [9.17, 15) is 9.59 Å². The van der Waals surface area contributed by atoms with Crippen LogP contribution in [-0.2, 0) is 20.7 Å². The topological polar surface area (TPSA) is 93.4 Å². The number of hydrogen-bond donors (Lipinski definition) is 3. The van der Waals surface area contributed by atoms with Crippen molar-refractivity contribution in [2.24, 2.45) is 5.73 Å². The van der Waals surface area contributed by atoms with Gasteiger partial charge in [-0.05, 0) is 17.7 Å². The molecule has 2 aromatic carbocycles. The molecule has 0 fully saturated rings. The molecule has 0 bridgehead atoms. The molecule has 146 valence electrons. The molecule has 0 aromatic heterocycles. The van der Waals surface area contributed by atoms with Gasteiger partial charge in [0.1, 0.15) is 6.04 Å². The third kappa shape index (κ3) is 7.78. The SMILES string of the molecule is COC(CN)CC(=O)NC(Cc1ccccc1)C(=O)Nc1ccccc1.Cl. The van der Waals surface area contributed by atoms with E-state index >= 15 is 0 Å². The van der Waals surface area contributed by atoms with Crippen LogP contribution in [0.5, 0.6) is 0 Å². The van der Waals surface area contributed by atoms with E-state index in [1.54, 1.807) is 12.1 Å². The molecule has 4 N–H and O–H groups in total. The maximum Gasteiger partial charge on any atom is 0.247 e. The Morgan fingerprint density at radius 1 is 1.04 bits per heavy atom. The third-order valence-corrected chi connectivity index (χ3v) is 3.98. The molecular weight excluding hydrogens is 366 g/mol. The van der Waals surface area contributed by atoms with Crippen molar-refractivity contribution >= 4 is 29.9 Å². The third-order valence-electron chi connectivity index (χ3n) is 3.98. The number of amides is 2. The molecule has 0 radical (unpaired) electrons. The van der Waals surface area contributed by atoms with Crippen LogP contribution in [0.15, 0.2) is 60.7 Å². The maximum absolute atomic E-state index is 12.7. The Morgan fingerprint density at radius 3 is 2.19 bits per heavy atom. The van der Waals surface area contributed by atoms with E-state index in [1.165, 1.54) is 7.11 Å². The highest BCUT2D eigenvalue weighted by molar-refractivity contribution is 5.97. The summed E-state index contributed by atoms with van der Waals surface area (Å²) in [6.07, 6.45) is 0.132. The van der Waals surface area contributed by atoms with Gasteiger partial charge in [-0.1, -0.05) is 48.5 Å². The minimum absolute atomic E-state index is 0. The average molecular weight is 392 g/mol. The fourth-order valence-electron chi connectivity index (χ4n) is 2.53. The van der Waals surface area contributed by atoms with Gasteiger partial charge >= 0.3 is 0 Å². The van der Waals surface area contributed by atoms with E-state index < -0.39 is 6.04 Å². The van der Waals surface area contributed by atoms with E-state index in [-0.39, 0.29) is 43.3 Å². The van der Waals surface area contributed by atoms with Gasteiger partial charge in [-0.2, -0.15) is 0 Å². The zero-order valence-corrected chi connectivity index (χ0v) is 16.1. The monoisotopic (exact) mass is 391 g/mol. The second-order valence-corrected chi connectivity index (χ2v) is 5.96. The van der Waals surface area contributed by atoms with Gasteiger partial charge in [0.2, 0.25) is 11.8 Å². The van der Waals surface area contributed by atoms with Gasteiger partial charge in [-0.25, -0.2) is 0 Å². The molecule has 2 rings (SSSR count). The Morgan fingerprint density at radius 2 is 1.63 bits per heavy atom. The second-order valence-electron chi connectivity index (χ2n) is 5.96. The average Bonchev–Trinajstić information content (AvgIpc) is 2.67. The van der Waals surface area contributed by atoms with Crippen LogP contribution in [0.1, 0.15) is 12.0 Å². The summed E-state index contributed by atoms with van der Waals surface area (Å²) < 4.78 is 5.14. The van der Waals surface area contributed by atoms with Crippen LogP contribution in [0, 0.1) is 0 Å². The van der Waals surface area contributed by atoms with E-state index in [0.29, 0.717) is 12.1 Å². The first-order valence-corrected chi connectivity index (χ1v) is 8.54. The lowest BCUT2D eigenvalue weighted by molar-refractivity contribution is -0.128. The molecule has 0 heterocycles. The van der Waals surface area contributed by atoms with Gasteiger partial charge in [-0.15, -0.1) is 12.4 Å². The number of ether oxygens (including phenoxy) is 1. The summed E-state index contributed by atoms with van der Waals surface area (Å²) in [7, 11) is 1.51. The van der Waals surface area contributed by atoms with Crippen LogP contribution in [0.4, 0.5) is 5.69 Å². The number of rotatable bonds is 9. The Bertz CT molecular complexity index is 694. The van der Waals surface area contributed by atoms with Crippen LogP contribution in [0.3, 0.4) is 0 Å². The number of benzene rings is 2. The van der Waals surface area contributed by atoms with Crippen molar-refractivity contribution in [3.05, 3.63) is 66.2 Å². The van der Waals surface area contributed by atoms with Crippen molar-refractivity contribution in [2.45, 2.75) is 25.0 Å². The number of nitrogens with two attached hydrogens (primary N) is 1. The molecule has 0 aliphatic rings. The summed E-state index contributed by atoms with van der Waals surface area (Å²) >= 11 is 0. The molecule has 7 heteroatoms. The molecule has 2 unspecified atom stereocenters. The van der Waals surface area contributed by atoms with Gasteiger partial charge in [-0.3, -0.25) is 9.59 Å². The number of nitrogens with one attached hydrogen (secondary N) is 2. The summed E-state index contributed by atoms with van der Waals surface area (Å²) in [5.74, 6) is -0.540.